The molecule has 0 saturated carbocycles. The second-order valence-electron chi connectivity index (χ2n) is 5.64. The number of rotatable bonds is 5. The quantitative estimate of drug-likeness (QED) is 0.295. The number of fused-ring (bicyclic) bond motifs is 1. The van der Waals surface area contributed by atoms with Crippen LogP contribution in [0.5, 0.6) is 0 Å². The number of non-ortho nitro benzene ring substituents is 1. The van der Waals surface area contributed by atoms with Crippen LogP contribution in [0.2, 0.25) is 5.02 Å². The molecule has 0 atom stereocenters. The summed E-state index contributed by atoms with van der Waals surface area (Å²) in [5.74, 6) is -0.447. The van der Waals surface area contributed by atoms with Gasteiger partial charge in [0.1, 0.15) is 11.1 Å². The van der Waals surface area contributed by atoms with Gasteiger partial charge < -0.3 is 4.74 Å². The van der Waals surface area contributed by atoms with Crippen LogP contribution in [0.15, 0.2) is 30.6 Å². The van der Waals surface area contributed by atoms with Crippen LogP contribution in [0.25, 0.3) is 10.9 Å². The fraction of sp³-hybridized carbons (Fsp3) is 0.381. The van der Waals surface area contributed by atoms with Crippen LogP contribution in [0, 0.1) is 17.0 Å². The highest BCUT2D eigenvalue weighted by atomic mass is 35.5. The zero-order valence-electron chi connectivity index (χ0n) is 18.1. The van der Waals surface area contributed by atoms with Crippen molar-refractivity contribution in [2.24, 2.45) is 0 Å². The van der Waals surface area contributed by atoms with Gasteiger partial charge in [-0.1, -0.05) is 39.3 Å². The van der Waals surface area contributed by atoms with Crippen LogP contribution in [-0.2, 0) is 11.3 Å². The van der Waals surface area contributed by atoms with E-state index in [1.165, 1.54) is 12.3 Å². The van der Waals surface area contributed by atoms with Crippen molar-refractivity contribution in [1.82, 2.24) is 14.8 Å². The minimum Gasteiger partial charge on any atom is -0.462 e. The van der Waals surface area contributed by atoms with Crippen molar-refractivity contribution in [3.8, 4) is 0 Å². The second-order valence-corrected chi connectivity index (χ2v) is 6.08. The number of nitro groups is 1. The summed E-state index contributed by atoms with van der Waals surface area (Å²) >= 11 is 5.95. The molecule has 8 nitrogen and oxygen atoms in total. The smallest absolute Gasteiger partial charge is 0.341 e. The largest absolute Gasteiger partial charge is 0.462 e. The summed E-state index contributed by atoms with van der Waals surface area (Å²) in [6.45, 7) is 12.0. The van der Waals surface area contributed by atoms with E-state index >= 15 is 0 Å². The van der Waals surface area contributed by atoms with E-state index in [9.17, 15) is 14.9 Å². The first-order valence-corrected chi connectivity index (χ1v) is 10.2. The van der Waals surface area contributed by atoms with Crippen LogP contribution in [-0.4, -0.2) is 32.3 Å². The molecule has 0 aliphatic carbocycles. The first kappa shape index (κ1) is 25.0. The predicted octanol–water partition coefficient (Wildman–Crippen LogP) is 5.58. The molecule has 3 rings (SSSR count). The van der Waals surface area contributed by atoms with E-state index in [0.29, 0.717) is 27.2 Å². The first-order chi connectivity index (χ1) is 14.4. The summed E-state index contributed by atoms with van der Waals surface area (Å²) in [5, 5.41) is 16.6. The van der Waals surface area contributed by atoms with Gasteiger partial charge in [-0.3, -0.25) is 14.8 Å². The van der Waals surface area contributed by atoms with Gasteiger partial charge >= 0.3 is 5.97 Å². The summed E-state index contributed by atoms with van der Waals surface area (Å²) in [7, 11) is 0. The maximum Gasteiger partial charge on any atom is 0.341 e. The zero-order valence-corrected chi connectivity index (χ0v) is 18.9. The summed E-state index contributed by atoms with van der Waals surface area (Å²) in [6.07, 6.45) is 2.94. The lowest BCUT2D eigenvalue weighted by Crippen LogP contribution is -2.05. The second kappa shape index (κ2) is 11.9. The number of carbonyl (C=O) groups excluding carboxylic acids is 1. The summed E-state index contributed by atoms with van der Waals surface area (Å²) in [4.78, 5) is 26.8. The highest BCUT2D eigenvalue weighted by molar-refractivity contribution is 6.31. The van der Waals surface area contributed by atoms with Gasteiger partial charge in [0, 0.05) is 23.8 Å². The Kier molecular flexibility index (Phi) is 9.91. The lowest BCUT2D eigenvalue weighted by Gasteiger charge is -2.05. The average molecular weight is 435 g/mol. The minimum absolute atomic E-state index is 0.108. The van der Waals surface area contributed by atoms with Crippen LogP contribution < -0.4 is 0 Å². The third-order valence-corrected chi connectivity index (χ3v) is 3.98. The molecule has 0 radical (unpaired) electrons. The normalized spacial score (nSPS) is 9.83. The highest BCUT2D eigenvalue weighted by Gasteiger charge is 2.18. The van der Waals surface area contributed by atoms with E-state index in [4.69, 9.17) is 16.3 Å². The number of hydrogen-bond acceptors (Lipinski definition) is 6. The van der Waals surface area contributed by atoms with Crippen molar-refractivity contribution >= 4 is 34.2 Å². The van der Waals surface area contributed by atoms with Gasteiger partial charge in [-0.15, -0.1) is 0 Å². The lowest BCUT2D eigenvalue weighted by molar-refractivity contribution is -0.383. The van der Waals surface area contributed by atoms with Crippen molar-refractivity contribution in [2.75, 3.05) is 6.61 Å². The molecule has 2 heterocycles. The molecule has 0 bridgehead atoms. The van der Waals surface area contributed by atoms with E-state index in [0.717, 1.165) is 0 Å². The molecular formula is C21H27ClN4O4. The van der Waals surface area contributed by atoms with E-state index in [1.54, 1.807) is 36.9 Å². The number of esters is 1. The molecule has 30 heavy (non-hydrogen) atoms. The lowest BCUT2D eigenvalue weighted by atomic mass is 10.1. The first-order valence-electron chi connectivity index (χ1n) is 9.82. The molecule has 3 aromatic rings. The Bertz CT molecular complexity index is 1020. The maximum atomic E-state index is 11.9. The molecule has 0 unspecified atom stereocenters. The topological polar surface area (TPSA) is 100 Å². The third-order valence-electron chi connectivity index (χ3n) is 3.77. The Labute approximate surface area is 181 Å². The molecule has 2 aromatic heterocycles. The van der Waals surface area contributed by atoms with Gasteiger partial charge in [0.15, 0.2) is 0 Å². The van der Waals surface area contributed by atoms with Gasteiger partial charge in [-0.25, -0.2) is 9.78 Å². The van der Waals surface area contributed by atoms with Crippen LogP contribution in [0.3, 0.4) is 0 Å². The molecule has 0 aliphatic heterocycles. The number of aryl methyl sites for hydroxylation is 1. The maximum absolute atomic E-state index is 11.9. The Morgan fingerprint density at radius 3 is 2.50 bits per heavy atom. The molecular weight excluding hydrogens is 408 g/mol. The number of carbonyl (C=O) groups is 1. The molecule has 1 aromatic carbocycles. The van der Waals surface area contributed by atoms with Crippen LogP contribution >= 0.6 is 11.6 Å². The number of nitro benzene ring substituents is 1. The third kappa shape index (κ3) is 6.00. The number of ether oxygens (including phenoxy) is 1. The fourth-order valence-corrected chi connectivity index (χ4v) is 2.86. The van der Waals surface area contributed by atoms with E-state index in [2.05, 4.69) is 10.1 Å². The highest BCUT2D eigenvalue weighted by Crippen LogP contribution is 2.28. The predicted molar refractivity (Wildman–Crippen MR) is 118 cm³/mol. The van der Waals surface area contributed by atoms with E-state index < -0.39 is 10.9 Å². The molecule has 0 N–H and O–H groups in total. The minimum atomic E-state index is -0.481. The molecule has 0 saturated heterocycles. The van der Waals surface area contributed by atoms with Gasteiger partial charge in [-0.05, 0) is 31.5 Å². The van der Waals surface area contributed by atoms with Crippen LogP contribution in [0.1, 0.15) is 56.2 Å². The number of halogens is 1. The van der Waals surface area contributed by atoms with Crippen molar-refractivity contribution < 1.29 is 14.5 Å². The Balaban J connectivity index is 0.00000106. The number of aromatic nitrogens is 3. The SMILES string of the molecule is CC.CC.CCOC(=O)c1cn(Cc2cc([N+](=O)[O-])c3ncc(Cl)cc3c2)nc1C. The van der Waals surface area contributed by atoms with Gasteiger partial charge in [0.05, 0.1) is 28.8 Å². The average Bonchev–Trinajstić information content (AvgIpc) is 3.10. The molecule has 0 spiro atoms. The molecule has 9 heteroatoms. The molecule has 0 amide bonds. The number of hydrogen-bond donors (Lipinski definition) is 0. The van der Waals surface area contributed by atoms with E-state index in [-0.39, 0.29) is 24.4 Å². The number of benzene rings is 1. The Hall–Kier alpha value is -3.00. The molecule has 162 valence electrons. The Morgan fingerprint density at radius 2 is 1.90 bits per heavy atom. The van der Waals surface area contributed by atoms with Gasteiger partial charge in [0.25, 0.3) is 5.69 Å². The van der Waals surface area contributed by atoms with Gasteiger partial charge in [-0.2, -0.15) is 5.10 Å². The zero-order chi connectivity index (χ0) is 22.8. The van der Waals surface area contributed by atoms with Crippen molar-refractivity contribution in [3.63, 3.8) is 0 Å². The van der Waals surface area contributed by atoms with Crippen molar-refractivity contribution in [1.29, 1.82) is 0 Å². The summed E-state index contributed by atoms with van der Waals surface area (Å²) in [6, 6.07) is 4.84. The molecule has 0 fully saturated rings. The van der Waals surface area contributed by atoms with Crippen molar-refractivity contribution in [2.45, 2.75) is 48.1 Å². The summed E-state index contributed by atoms with van der Waals surface area (Å²) in [5.41, 5.74) is 1.71. The van der Waals surface area contributed by atoms with Crippen molar-refractivity contribution in [3.05, 3.63) is 62.6 Å². The summed E-state index contributed by atoms with van der Waals surface area (Å²) < 4.78 is 6.54. The standard InChI is InChI=1S/C17H15ClN4O4.2C2H6/c1-3-26-17(23)14-9-21(20-10(14)2)8-11-4-12-6-13(18)7-19-16(12)15(5-11)22(24)25;2*1-2/h4-7,9H,3,8H2,1-2H3;2*1-2H3. The number of nitrogens with zero attached hydrogens (tertiary/aromatic N) is 4. The molecule has 0 aliphatic rings. The van der Waals surface area contributed by atoms with E-state index in [1.807, 2.05) is 27.7 Å². The van der Waals surface area contributed by atoms with Crippen LogP contribution in [0.4, 0.5) is 5.69 Å². The number of pyridine rings is 1. The Morgan fingerprint density at radius 1 is 1.23 bits per heavy atom. The van der Waals surface area contributed by atoms with Gasteiger partial charge in [0.2, 0.25) is 0 Å². The monoisotopic (exact) mass is 434 g/mol. The fourth-order valence-electron chi connectivity index (χ4n) is 2.69.